The van der Waals surface area contributed by atoms with Gasteiger partial charge < -0.3 is 19.8 Å². The van der Waals surface area contributed by atoms with Gasteiger partial charge in [-0.2, -0.15) is 0 Å². The molecule has 236 valence electrons. The number of aromatic nitrogens is 2. The van der Waals surface area contributed by atoms with Crippen LogP contribution in [0.2, 0.25) is 0 Å². The van der Waals surface area contributed by atoms with Crippen molar-refractivity contribution in [3.63, 3.8) is 0 Å². The van der Waals surface area contributed by atoms with Gasteiger partial charge in [0, 0.05) is 39.7 Å². The van der Waals surface area contributed by atoms with Gasteiger partial charge in [0.15, 0.2) is 0 Å². The van der Waals surface area contributed by atoms with Gasteiger partial charge in [0.1, 0.15) is 0 Å². The van der Waals surface area contributed by atoms with Crippen molar-refractivity contribution >= 4 is 41.9 Å². The van der Waals surface area contributed by atoms with Crippen LogP contribution in [0, 0.1) is 0 Å². The first-order valence-corrected chi connectivity index (χ1v) is 18.0. The lowest BCUT2D eigenvalue weighted by Crippen LogP contribution is -2.29. The van der Waals surface area contributed by atoms with Gasteiger partial charge >= 0.3 is 0 Å². The fourth-order valence-corrected chi connectivity index (χ4v) is 6.92. The van der Waals surface area contributed by atoms with Crippen LogP contribution in [0.1, 0.15) is 54.1 Å². The third kappa shape index (κ3) is 8.68. The summed E-state index contributed by atoms with van der Waals surface area (Å²) in [5.41, 5.74) is 6.53. The fourth-order valence-electron chi connectivity index (χ4n) is 5.45. The lowest BCUT2D eigenvalue weighted by Gasteiger charge is -2.28. The quantitative estimate of drug-likeness (QED) is 0.210. The number of aryl methyl sites for hydroxylation is 1. The summed E-state index contributed by atoms with van der Waals surface area (Å²) in [6, 6.07) is 14.3. The molecule has 4 N–H and O–H groups in total. The molecular formula is C31H46N6O4S2. The molecule has 1 aliphatic rings. The molecule has 43 heavy (non-hydrogen) atoms. The highest BCUT2D eigenvalue weighted by atomic mass is 32.2. The average Bonchev–Trinajstić information content (AvgIpc) is 3.60. The molecule has 1 saturated heterocycles. The number of nitrogens with zero attached hydrogens (tertiary/aromatic N) is 2. The van der Waals surface area contributed by atoms with Gasteiger partial charge in [-0.25, -0.2) is 26.3 Å². The Hall–Kier alpha value is -2.74. The summed E-state index contributed by atoms with van der Waals surface area (Å²) in [5, 5.41) is 2.29. The molecule has 0 bridgehead atoms. The molecule has 1 atom stereocenters. The number of rotatable bonds is 10. The van der Waals surface area contributed by atoms with Crippen molar-refractivity contribution in [2.24, 2.45) is 0 Å². The molecule has 0 saturated carbocycles. The third-order valence-electron chi connectivity index (χ3n) is 8.51. The van der Waals surface area contributed by atoms with Gasteiger partial charge in [-0.05, 0) is 127 Å². The number of benzene rings is 2. The molecule has 0 radical (unpaired) electrons. The molecule has 5 rings (SSSR count). The largest absolute Gasteiger partial charge is 0.361 e. The van der Waals surface area contributed by atoms with Crippen LogP contribution in [0.5, 0.6) is 0 Å². The van der Waals surface area contributed by atoms with E-state index in [4.69, 9.17) is 0 Å². The topological polar surface area (TPSA) is 130 Å². The minimum absolute atomic E-state index is 0.00316. The van der Waals surface area contributed by atoms with Crippen LogP contribution in [0.3, 0.4) is 0 Å². The first kappa shape index (κ1) is 33.2. The molecule has 0 spiro atoms. The number of H-pyrrole nitrogens is 2. The van der Waals surface area contributed by atoms with E-state index in [1.54, 1.807) is 0 Å². The van der Waals surface area contributed by atoms with E-state index >= 15 is 0 Å². The predicted molar refractivity (Wildman–Crippen MR) is 176 cm³/mol. The second-order valence-corrected chi connectivity index (χ2v) is 15.7. The molecule has 4 aromatic rings. The number of piperidine rings is 1. The lowest BCUT2D eigenvalue weighted by molar-refractivity contribution is 0.256. The van der Waals surface area contributed by atoms with Crippen molar-refractivity contribution in [3.05, 3.63) is 71.0 Å². The molecule has 2 aromatic carbocycles. The van der Waals surface area contributed by atoms with Gasteiger partial charge in [-0.3, -0.25) is 0 Å². The summed E-state index contributed by atoms with van der Waals surface area (Å²) in [5.74, 6) is 0.725. The molecule has 1 fully saturated rings. The number of nitrogens with one attached hydrogen (secondary N) is 4. The van der Waals surface area contributed by atoms with Crippen molar-refractivity contribution in [3.8, 4) is 0 Å². The van der Waals surface area contributed by atoms with E-state index < -0.39 is 20.0 Å². The molecule has 1 aliphatic heterocycles. The maximum atomic E-state index is 11.6. The Balaban J connectivity index is 0.000000199. The number of hydrogen-bond donors (Lipinski definition) is 4. The van der Waals surface area contributed by atoms with Crippen LogP contribution in [0.4, 0.5) is 0 Å². The highest BCUT2D eigenvalue weighted by Gasteiger charge is 2.21. The van der Waals surface area contributed by atoms with E-state index in [-0.39, 0.29) is 17.5 Å². The molecule has 0 aliphatic carbocycles. The van der Waals surface area contributed by atoms with Crippen molar-refractivity contribution in [1.29, 1.82) is 0 Å². The Labute approximate surface area is 256 Å². The summed E-state index contributed by atoms with van der Waals surface area (Å²) >= 11 is 0. The zero-order chi connectivity index (χ0) is 31.4. The molecule has 2 aromatic heterocycles. The molecule has 1 unspecified atom stereocenters. The number of sulfonamides is 2. The Morgan fingerprint density at radius 2 is 1.58 bits per heavy atom. The van der Waals surface area contributed by atoms with Crippen LogP contribution in [0.25, 0.3) is 21.8 Å². The molecule has 12 heteroatoms. The van der Waals surface area contributed by atoms with Gasteiger partial charge in [-0.1, -0.05) is 12.1 Å². The second kappa shape index (κ2) is 13.9. The summed E-state index contributed by atoms with van der Waals surface area (Å²) in [6.07, 6.45) is 5.04. The van der Waals surface area contributed by atoms with E-state index in [9.17, 15) is 16.8 Å². The van der Waals surface area contributed by atoms with E-state index in [0.29, 0.717) is 12.3 Å². The van der Waals surface area contributed by atoms with Crippen LogP contribution in [-0.4, -0.2) is 90.7 Å². The molecule has 10 nitrogen and oxygen atoms in total. The maximum Gasteiger partial charge on any atom is 0.215 e. The average molecular weight is 631 g/mol. The minimum Gasteiger partial charge on any atom is -0.361 e. The normalized spacial score (nSPS) is 16.1. The second-order valence-electron chi connectivity index (χ2n) is 11.7. The first-order chi connectivity index (χ1) is 20.3. The van der Waals surface area contributed by atoms with Gasteiger partial charge in [0.2, 0.25) is 20.0 Å². The first-order valence-electron chi connectivity index (χ1n) is 14.7. The van der Waals surface area contributed by atoms with Crippen LogP contribution in [0.15, 0.2) is 48.7 Å². The van der Waals surface area contributed by atoms with Gasteiger partial charge in [0.25, 0.3) is 0 Å². The van der Waals surface area contributed by atoms with E-state index in [2.05, 4.69) is 67.6 Å². The van der Waals surface area contributed by atoms with Crippen LogP contribution >= 0.6 is 0 Å². The number of fused-ring (bicyclic) bond motifs is 2. The Kier molecular flexibility index (Phi) is 10.7. The smallest absolute Gasteiger partial charge is 0.215 e. The predicted octanol–water partition coefficient (Wildman–Crippen LogP) is 3.91. The van der Waals surface area contributed by atoms with Crippen molar-refractivity contribution in [1.82, 2.24) is 29.2 Å². The zero-order valence-corrected chi connectivity index (χ0v) is 27.7. The fraction of sp³-hybridized carbons (Fsp3) is 0.484. The monoisotopic (exact) mass is 630 g/mol. The van der Waals surface area contributed by atoms with Gasteiger partial charge in [0.05, 0.1) is 11.5 Å². The number of likely N-dealkylation sites (tertiary alicyclic amines) is 1. The van der Waals surface area contributed by atoms with Crippen LogP contribution in [-0.2, 0) is 32.2 Å². The van der Waals surface area contributed by atoms with Crippen molar-refractivity contribution < 1.29 is 16.8 Å². The Morgan fingerprint density at radius 1 is 0.930 bits per heavy atom. The third-order valence-corrected chi connectivity index (χ3v) is 11.2. The molecule has 0 amide bonds. The minimum atomic E-state index is -3.23. The van der Waals surface area contributed by atoms with Gasteiger partial charge in [-0.15, -0.1) is 0 Å². The zero-order valence-electron chi connectivity index (χ0n) is 26.1. The van der Waals surface area contributed by atoms with Crippen molar-refractivity contribution in [2.75, 3.05) is 54.1 Å². The number of hydrogen-bond acceptors (Lipinski definition) is 6. The lowest BCUT2D eigenvalue weighted by atomic mass is 9.89. The summed E-state index contributed by atoms with van der Waals surface area (Å²) < 4.78 is 51.1. The van der Waals surface area contributed by atoms with E-state index in [0.717, 1.165) is 46.3 Å². The maximum absolute atomic E-state index is 11.6. The summed E-state index contributed by atoms with van der Waals surface area (Å²) in [7, 11) is 2.73. The highest BCUT2D eigenvalue weighted by Crippen LogP contribution is 2.33. The molecule has 3 heterocycles. The standard InChI is InChI=1S/C17H25N3O2S.C14H21N3O2S/c1-18-23(21,22)10-7-13-3-4-17-15(11-13)16(12-19-17)14-5-8-20(2)9-6-14;1-10(17(3)4)14-8-12-7-11(5-6-13(12)16-14)9-20(18,19)15-2/h3-4,11-12,14,18-19H,5-10H2,1-2H3;5-8,10,15-16H,9H2,1-4H3. The summed E-state index contributed by atoms with van der Waals surface area (Å²) in [6.45, 7) is 4.39. The van der Waals surface area contributed by atoms with E-state index in [1.165, 1.54) is 37.9 Å². The number of aromatic amines is 2. The summed E-state index contributed by atoms with van der Waals surface area (Å²) in [4.78, 5) is 11.2. The Morgan fingerprint density at radius 3 is 2.23 bits per heavy atom. The molecular weight excluding hydrogens is 585 g/mol. The highest BCUT2D eigenvalue weighted by molar-refractivity contribution is 7.89. The van der Waals surface area contributed by atoms with Crippen molar-refractivity contribution in [2.45, 2.75) is 43.9 Å². The van der Waals surface area contributed by atoms with Crippen LogP contribution < -0.4 is 9.44 Å². The SMILES string of the molecule is CNS(=O)(=O)CCc1ccc2[nH]cc(C3CCN(C)CC3)c2c1.CNS(=O)(=O)Cc1ccc2[nH]c(C(C)N(C)C)cc2c1. The van der Waals surface area contributed by atoms with E-state index in [1.807, 2.05) is 38.4 Å². The Bertz CT molecular complexity index is 1740.